The molecule has 0 radical (unpaired) electrons. The lowest BCUT2D eigenvalue weighted by atomic mass is 10.1. The van der Waals surface area contributed by atoms with Gasteiger partial charge in [0.2, 0.25) is 0 Å². The molecule has 2 aromatic rings. The summed E-state index contributed by atoms with van der Waals surface area (Å²) in [6.07, 6.45) is -4.52. The molecule has 0 unspecified atom stereocenters. The second kappa shape index (κ2) is 6.35. The van der Waals surface area contributed by atoms with Crippen LogP contribution in [0.5, 0.6) is 11.5 Å². The zero-order chi connectivity index (χ0) is 17.3. The zero-order valence-electron chi connectivity index (χ0n) is 12.1. The third-order valence-electron chi connectivity index (χ3n) is 3.33. The number of carbonyl (C=O) groups excluding carboxylic acids is 1. The van der Waals surface area contributed by atoms with Crippen molar-refractivity contribution in [3.05, 3.63) is 52.0 Å². The Morgan fingerprint density at radius 1 is 1.04 bits per heavy atom. The maximum Gasteiger partial charge on any atom is 0.417 e. The highest BCUT2D eigenvalue weighted by Crippen LogP contribution is 2.36. The van der Waals surface area contributed by atoms with Gasteiger partial charge in [0.1, 0.15) is 13.2 Å². The van der Waals surface area contributed by atoms with Crippen molar-refractivity contribution in [3.63, 3.8) is 0 Å². The molecule has 0 fully saturated rings. The van der Waals surface area contributed by atoms with Crippen LogP contribution < -0.4 is 14.8 Å². The molecule has 1 heterocycles. The molecule has 0 spiro atoms. The molecule has 3 rings (SSSR count). The van der Waals surface area contributed by atoms with Crippen molar-refractivity contribution in [1.29, 1.82) is 0 Å². The Kier molecular flexibility index (Phi) is 4.40. The zero-order valence-corrected chi connectivity index (χ0v) is 13.7. The van der Waals surface area contributed by atoms with Gasteiger partial charge in [0.05, 0.1) is 5.56 Å². The van der Waals surface area contributed by atoms with E-state index in [0.717, 1.165) is 6.07 Å². The second-order valence-corrected chi connectivity index (χ2v) is 5.86. The van der Waals surface area contributed by atoms with E-state index in [4.69, 9.17) is 9.47 Å². The van der Waals surface area contributed by atoms with Crippen LogP contribution in [0.15, 0.2) is 40.9 Å². The number of rotatable bonds is 2. The van der Waals surface area contributed by atoms with E-state index in [1.165, 1.54) is 24.3 Å². The molecule has 1 aliphatic rings. The molecule has 24 heavy (non-hydrogen) atoms. The topological polar surface area (TPSA) is 47.6 Å². The van der Waals surface area contributed by atoms with Crippen LogP contribution in [0.1, 0.15) is 15.9 Å². The van der Waals surface area contributed by atoms with Crippen LogP contribution in [-0.4, -0.2) is 19.1 Å². The van der Waals surface area contributed by atoms with Gasteiger partial charge in [-0.1, -0.05) is 15.9 Å². The molecular formula is C16H11BrF3NO3. The number of ether oxygens (including phenoxy) is 2. The monoisotopic (exact) mass is 401 g/mol. The first-order valence-electron chi connectivity index (χ1n) is 6.92. The predicted octanol–water partition coefficient (Wildman–Crippen LogP) is 4.49. The fraction of sp³-hybridized carbons (Fsp3) is 0.188. The average Bonchev–Trinajstić information content (AvgIpc) is 2.55. The van der Waals surface area contributed by atoms with Gasteiger partial charge in [0.15, 0.2) is 11.5 Å². The fourth-order valence-corrected chi connectivity index (χ4v) is 2.68. The summed E-state index contributed by atoms with van der Waals surface area (Å²) in [4.78, 5) is 12.2. The summed E-state index contributed by atoms with van der Waals surface area (Å²) in [5, 5.41) is 2.45. The molecule has 4 nitrogen and oxygen atoms in total. The number of alkyl halides is 3. The maximum absolute atomic E-state index is 12.9. The first kappa shape index (κ1) is 16.6. The summed E-state index contributed by atoms with van der Waals surface area (Å²) >= 11 is 2.86. The maximum atomic E-state index is 12.9. The Morgan fingerprint density at radius 3 is 2.46 bits per heavy atom. The van der Waals surface area contributed by atoms with E-state index in [9.17, 15) is 18.0 Å². The van der Waals surface area contributed by atoms with Crippen molar-refractivity contribution in [3.8, 4) is 11.5 Å². The van der Waals surface area contributed by atoms with Crippen molar-refractivity contribution in [2.45, 2.75) is 6.18 Å². The molecule has 0 saturated carbocycles. The number of carbonyl (C=O) groups is 1. The van der Waals surface area contributed by atoms with Crippen molar-refractivity contribution in [2.75, 3.05) is 18.5 Å². The Labute approximate surface area is 143 Å². The van der Waals surface area contributed by atoms with E-state index in [1.54, 1.807) is 6.07 Å². The van der Waals surface area contributed by atoms with Gasteiger partial charge < -0.3 is 14.8 Å². The van der Waals surface area contributed by atoms with Crippen LogP contribution in [0.25, 0.3) is 0 Å². The number of fused-ring (bicyclic) bond motifs is 1. The van der Waals surface area contributed by atoms with Crippen molar-refractivity contribution in [1.82, 2.24) is 0 Å². The largest absolute Gasteiger partial charge is 0.486 e. The SMILES string of the molecule is O=C(Nc1ccc(Br)c(C(F)(F)F)c1)c1ccc2c(c1)OCCO2. The van der Waals surface area contributed by atoms with Gasteiger partial charge in [-0.3, -0.25) is 4.79 Å². The number of benzene rings is 2. The standard InChI is InChI=1S/C16H11BrF3NO3/c17-12-3-2-10(8-11(12)16(18,19)20)21-15(22)9-1-4-13-14(7-9)24-6-5-23-13/h1-4,7-8H,5-6H2,(H,21,22). The molecule has 0 aromatic heterocycles. The van der Waals surface area contributed by atoms with Crippen LogP contribution in [0.4, 0.5) is 18.9 Å². The van der Waals surface area contributed by atoms with Crippen molar-refractivity contribution in [2.24, 2.45) is 0 Å². The predicted molar refractivity (Wildman–Crippen MR) is 84.5 cm³/mol. The third kappa shape index (κ3) is 3.48. The van der Waals surface area contributed by atoms with Gasteiger partial charge in [-0.25, -0.2) is 0 Å². The number of amides is 1. The summed E-state index contributed by atoms with van der Waals surface area (Å²) in [6.45, 7) is 0.803. The van der Waals surface area contributed by atoms with E-state index >= 15 is 0 Å². The quantitative estimate of drug-likeness (QED) is 0.806. The Hall–Kier alpha value is -2.22. The molecule has 0 atom stereocenters. The molecule has 0 aliphatic carbocycles. The molecule has 126 valence electrons. The second-order valence-electron chi connectivity index (χ2n) is 5.00. The minimum absolute atomic E-state index is 0.0467. The highest BCUT2D eigenvalue weighted by atomic mass is 79.9. The van der Waals surface area contributed by atoms with Crippen molar-refractivity contribution < 1.29 is 27.4 Å². The summed E-state index contributed by atoms with van der Waals surface area (Å²) < 4.78 is 49.4. The van der Waals surface area contributed by atoms with Crippen LogP contribution in [0.2, 0.25) is 0 Å². The summed E-state index contributed by atoms with van der Waals surface area (Å²) in [5.74, 6) is 0.420. The van der Waals surface area contributed by atoms with Crippen molar-refractivity contribution >= 4 is 27.5 Å². The Balaban J connectivity index is 1.82. The number of hydrogen-bond donors (Lipinski definition) is 1. The van der Waals surface area contributed by atoms with E-state index in [1.807, 2.05) is 0 Å². The lowest BCUT2D eigenvalue weighted by Crippen LogP contribution is -2.17. The van der Waals surface area contributed by atoms with Gasteiger partial charge in [-0.15, -0.1) is 0 Å². The number of halogens is 4. The minimum Gasteiger partial charge on any atom is -0.486 e. The summed E-state index contributed by atoms with van der Waals surface area (Å²) in [7, 11) is 0. The highest BCUT2D eigenvalue weighted by Gasteiger charge is 2.33. The molecule has 1 aliphatic heterocycles. The number of hydrogen-bond acceptors (Lipinski definition) is 3. The molecule has 0 bridgehead atoms. The average molecular weight is 402 g/mol. The van der Waals surface area contributed by atoms with Crippen LogP contribution in [0, 0.1) is 0 Å². The first-order valence-corrected chi connectivity index (χ1v) is 7.71. The molecule has 0 saturated heterocycles. The normalized spacial score (nSPS) is 13.5. The smallest absolute Gasteiger partial charge is 0.417 e. The Bertz CT molecular complexity index is 793. The van der Waals surface area contributed by atoms with E-state index in [0.29, 0.717) is 24.7 Å². The van der Waals surface area contributed by atoms with Crippen LogP contribution in [0.3, 0.4) is 0 Å². The van der Waals surface area contributed by atoms with Crippen LogP contribution in [-0.2, 0) is 6.18 Å². The van der Waals surface area contributed by atoms with E-state index in [2.05, 4.69) is 21.2 Å². The Morgan fingerprint density at radius 2 is 1.75 bits per heavy atom. The molecule has 1 amide bonds. The molecular weight excluding hydrogens is 391 g/mol. The highest BCUT2D eigenvalue weighted by molar-refractivity contribution is 9.10. The first-order chi connectivity index (χ1) is 11.3. The lowest BCUT2D eigenvalue weighted by molar-refractivity contribution is -0.138. The minimum atomic E-state index is -4.52. The van der Waals surface area contributed by atoms with Gasteiger partial charge >= 0.3 is 6.18 Å². The lowest BCUT2D eigenvalue weighted by Gasteiger charge is -2.18. The number of anilines is 1. The summed E-state index contributed by atoms with van der Waals surface area (Å²) in [6, 6.07) is 8.10. The van der Waals surface area contributed by atoms with E-state index in [-0.39, 0.29) is 15.7 Å². The van der Waals surface area contributed by atoms with Gasteiger partial charge in [-0.2, -0.15) is 13.2 Å². The number of nitrogens with one attached hydrogen (secondary N) is 1. The third-order valence-corrected chi connectivity index (χ3v) is 4.03. The summed E-state index contributed by atoms with van der Waals surface area (Å²) in [5.41, 5.74) is -0.552. The van der Waals surface area contributed by atoms with Gasteiger partial charge in [0, 0.05) is 15.7 Å². The molecule has 1 N–H and O–H groups in total. The van der Waals surface area contributed by atoms with Crippen LogP contribution >= 0.6 is 15.9 Å². The molecule has 2 aromatic carbocycles. The van der Waals surface area contributed by atoms with Gasteiger partial charge in [0.25, 0.3) is 5.91 Å². The fourth-order valence-electron chi connectivity index (χ4n) is 2.21. The molecule has 8 heteroatoms. The van der Waals surface area contributed by atoms with Gasteiger partial charge in [-0.05, 0) is 36.4 Å². The van der Waals surface area contributed by atoms with E-state index < -0.39 is 17.6 Å².